The van der Waals surface area contributed by atoms with Gasteiger partial charge in [-0.25, -0.2) is 4.98 Å². The van der Waals surface area contributed by atoms with E-state index in [-0.39, 0.29) is 5.78 Å². The van der Waals surface area contributed by atoms with E-state index in [2.05, 4.69) is 9.97 Å². The second-order valence-corrected chi connectivity index (χ2v) is 3.27. The van der Waals surface area contributed by atoms with Gasteiger partial charge in [-0.05, 0) is 12.1 Å². The Bertz CT molecular complexity index is 462. The van der Waals surface area contributed by atoms with Gasteiger partial charge >= 0.3 is 0 Å². The van der Waals surface area contributed by atoms with Gasteiger partial charge in [0, 0.05) is 25.6 Å². The summed E-state index contributed by atoms with van der Waals surface area (Å²) in [4.78, 5) is 19.8. The summed E-state index contributed by atoms with van der Waals surface area (Å²) >= 11 is 0. The predicted octanol–water partition coefficient (Wildman–Crippen LogP) is 1.24. The van der Waals surface area contributed by atoms with Crippen LogP contribution >= 0.6 is 0 Å². The summed E-state index contributed by atoms with van der Waals surface area (Å²) in [6, 6.07) is 5.31. The lowest BCUT2D eigenvalue weighted by Crippen LogP contribution is -2.09. The molecule has 2 aromatic rings. The predicted molar refractivity (Wildman–Crippen MR) is 55.5 cm³/mol. The summed E-state index contributed by atoms with van der Waals surface area (Å²) in [5.41, 5.74) is 0.487. The van der Waals surface area contributed by atoms with Crippen LogP contribution in [0.4, 0.5) is 0 Å². The zero-order valence-electron chi connectivity index (χ0n) is 8.42. The fraction of sp³-hybridized carbons (Fsp3) is 0.182. The van der Waals surface area contributed by atoms with Crippen molar-refractivity contribution < 1.29 is 4.79 Å². The maximum atomic E-state index is 11.7. The number of hydrogen-bond acceptors (Lipinski definition) is 3. The van der Waals surface area contributed by atoms with Crippen molar-refractivity contribution in [3.05, 3.63) is 48.3 Å². The van der Waals surface area contributed by atoms with Crippen molar-refractivity contribution in [2.75, 3.05) is 0 Å². The van der Waals surface area contributed by atoms with Gasteiger partial charge in [-0.3, -0.25) is 9.78 Å². The lowest BCUT2D eigenvalue weighted by atomic mass is 10.2. The van der Waals surface area contributed by atoms with Crippen molar-refractivity contribution in [2.45, 2.75) is 6.42 Å². The van der Waals surface area contributed by atoms with Crippen LogP contribution < -0.4 is 0 Å². The first-order chi connectivity index (χ1) is 7.27. The highest BCUT2D eigenvalue weighted by Crippen LogP contribution is 2.02. The number of Topliss-reactive ketones (excluding diaryl/α,β-unsaturated/α-hetero) is 1. The molecule has 0 fully saturated rings. The molecule has 2 rings (SSSR count). The Morgan fingerprint density at radius 1 is 1.33 bits per heavy atom. The Labute approximate surface area is 87.6 Å². The van der Waals surface area contributed by atoms with E-state index in [1.165, 1.54) is 0 Å². The Hall–Kier alpha value is -1.97. The lowest BCUT2D eigenvalue weighted by Gasteiger charge is -2.00. The molecule has 0 unspecified atom stereocenters. The number of carbonyl (C=O) groups is 1. The molecule has 76 valence electrons. The highest BCUT2D eigenvalue weighted by atomic mass is 16.1. The van der Waals surface area contributed by atoms with Gasteiger partial charge in [-0.15, -0.1) is 0 Å². The van der Waals surface area contributed by atoms with Crippen LogP contribution in [0.1, 0.15) is 16.3 Å². The lowest BCUT2D eigenvalue weighted by molar-refractivity contribution is 0.0985. The van der Waals surface area contributed by atoms with Gasteiger partial charge in [0.15, 0.2) is 5.78 Å². The van der Waals surface area contributed by atoms with Gasteiger partial charge < -0.3 is 4.57 Å². The first-order valence-electron chi connectivity index (χ1n) is 4.68. The molecule has 0 amide bonds. The SMILES string of the molecule is Cn1ccnc1CC(=O)c1ccccn1. The average molecular weight is 201 g/mol. The smallest absolute Gasteiger partial charge is 0.188 e. The van der Waals surface area contributed by atoms with Crippen LogP contribution in [0.2, 0.25) is 0 Å². The van der Waals surface area contributed by atoms with Gasteiger partial charge in [-0.1, -0.05) is 6.07 Å². The molecule has 0 spiro atoms. The number of hydrogen-bond donors (Lipinski definition) is 0. The molecule has 0 bridgehead atoms. The number of rotatable bonds is 3. The average Bonchev–Trinajstić information content (AvgIpc) is 2.66. The Balaban J connectivity index is 2.15. The molecule has 0 atom stereocenters. The first-order valence-corrected chi connectivity index (χ1v) is 4.68. The topological polar surface area (TPSA) is 47.8 Å². The van der Waals surface area contributed by atoms with E-state index in [0.717, 1.165) is 5.82 Å². The standard InChI is InChI=1S/C11H11N3O/c1-14-7-6-13-11(14)8-10(15)9-4-2-3-5-12-9/h2-7H,8H2,1H3. The number of imidazole rings is 1. The normalized spacial score (nSPS) is 10.2. The van der Waals surface area contributed by atoms with Gasteiger partial charge in [0.05, 0.1) is 6.42 Å². The van der Waals surface area contributed by atoms with E-state index in [9.17, 15) is 4.79 Å². The van der Waals surface area contributed by atoms with E-state index in [1.54, 1.807) is 30.6 Å². The van der Waals surface area contributed by atoms with Crippen LogP contribution in [-0.2, 0) is 13.5 Å². The van der Waals surface area contributed by atoms with Crippen molar-refractivity contribution in [1.29, 1.82) is 0 Å². The van der Waals surface area contributed by atoms with Crippen molar-refractivity contribution in [1.82, 2.24) is 14.5 Å². The van der Waals surface area contributed by atoms with Gasteiger partial charge in [0.1, 0.15) is 11.5 Å². The van der Waals surface area contributed by atoms with E-state index >= 15 is 0 Å². The fourth-order valence-corrected chi connectivity index (χ4v) is 1.33. The third-order valence-corrected chi connectivity index (χ3v) is 2.19. The Kier molecular flexibility index (Phi) is 2.58. The molecule has 0 radical (unpaired) electrons. The van der Waals surface area contributed by atoms with Crippen molar-refractivity contribution in [2.24, 2.45) is 7.05 Å². The summed E-state index contributed by atoms with van der Waals surface area (Å²) < 4.78 is 1.83. The van der Waals surface area contributed by atoms with Crippen molar-refractivity contribution in [3.8, 4) is 0 Å². The highest BCUT2D eigenvalue weighted by molar-refractivity contribution is 5.95. The maximum Gasteiger partial charge on any atom is 0.188 e. The largest absolute Gasteiger partial charge is 0.338 e. The Morgan fingerprint density at radius 3 is 2.80 bits per heavy atom. The third-order valence-electron chi connectivity index (χ3n) is 2.19. The number of nitrogens with zero attached hydrogens (tertiary/aromatic N) is 3. The number of pyridine rings is 1. The van der Waals surface area contributed by atoms with E-state index in [4.69, 9.17) is 0 Å². The van der Waals surface area contributed by atoms with Crippen LogP contribution in [0.15, 0.2) is 36.8 Å². The number of aryl methyl sites for hydroxylation is 1. The minimum atomic E-state index is -0.00935. The maximum absolute atomic E-state index is 11.7. The molecule has 0 aromatic carbocycles. The molecule has 0 aliphatic carbocycles. The fourth-order valence-electron chi connectivity index (χ4n) is 1.33. The molecule has 15 heavy (non-hydrogen) atoms. The molecule has 2 heterocycles. The molecule has 4 heteroatoms. The minimum absolute atomic E-state index is 0.00935. The summed E-state index contributed by atoms with van der Waals surface area (Å²) in [6.45, 7) is 0. The molecule has 0 N–H and O–H groups in total. The van der Waals surface area contributed by atoms with E-state index < -0.39 is 0 Å². The zero-order valence-corrected chi connectivity index (χ0v) is 8.42. The van der Waals surface area contributed by atoms with Gasteiger partial charge in [-0.2, -0.15) is 0 Å². The molecular weight excluding hydrogens is 190 g/mol. The molecular formula is C11H11N3O. The van der Waals surface area contributed by atoms with Crippen LogP contribution in [0.25, 0.3) is 0 Å². The molecule has 0 aliphatic heterocycles. The van der Waals surface area contributed by atoms with Crippen LogP contribution in [0.5, 0.6) is 0 Å². The summed E-state index contributed by atoms with van der Waals surface area (Å²) in [7, 11) is 1.87. The van der Waals surface area contributed by atoms with Crippen molar-refractivity contribution in [3.63, 3.8) is 0 Å². The summed E-state index contributed by atoms with van der Waals surface area (Å²) in [6.07, 6.45) is 5.41. The molecule has 4 nitrogen and oxygen atoms in total. The van der Waals surface area contributed by atoms with Gasteiger partial charge in [0.2, 0.25) is 0 Å². The molecule has 0 saturated carbocycles. The monoisotopic (exact) mass is 201 g/mol. The minimum Gasteiger partial charge on any atom is -0.338 e. The second-order valence-electron chi connectivity index (χ2n) is 3.27. The molecule has 0 saturated heterocycles. The second kappa shape index (κ2) is 4.04. The zero-order chi connectivity index (χ0) is 10.7. The van der Waals surface area contributed by atoms with Crippen LogP contribution in [0, 0.1) is 0 Å². The van der Waals surface area contributed by atoms with Crippen LogP contribution in [-0.4, -0.2) is 20.3 Å². The molecule has 2 aromatic heterocycles. The Morgan fingerprint density at radius 2 is 2.20 bits per heavy atom. The van der Waals surface area contributed by atoms with Crippen LogP contribution in [0.3, 0.4) is 0 Å². The quantitative estimate of drug-likeness (QED) is 0.702. The summed E-state index contributed by atoms with van der Waals surface area (Å²) in [5, 5.41) is 0. The first kappa shape index (κ1) is 9.58. The number of carbonyl (C=O) groups excluding carboxylic acids is 1. The number of ketones is 1. The van der Waals surface area contributed by atoms with Gasteiger partial charge in [0.25, 0.3) is 0 Å². The number of aromatic nitrogens is 3. The van der Waals surface area contributed by atoms with E-state index in [0.29, 0.717) is 12.1 Å². The third kappa shape index (κ3) is 2.10. The highest BCUT2D eigenvalue weighted by Gasteiger charge is 2.10. The van der Waals surface area contributed by atoms with E-state index in [1.807, 2.05) is 17.8 Å². The molecule has 0 aliphatic rings. The summed E-state index contributed by atoms with van der Waals surface area (Å²) in [5.74, 6) is 0.746. The van der Waals surface area contributed by atoms with Crippen molar-refractivity contribution >= 4 is 5.78 Å².